The van der Waals surface area contributed by atoms with Gasteiger partial charge in [-0.3, -0.25) is 0 Å². The minimum atomic E-state index is 0.0632. The average molecular weight is 314 g/mol. The first kappa shape index (κ1) is 13.7. The van der Waals surface area contributed by atoms with Gasteiger partial charge in [0, 0.05) is 12.0 Å². The van der Waals surface area contributed by atoms with E-state index < -0.39 is 0 Å². The summed E-state index contributed by atoms with van der Waals surface area (Å²) in [5.41, 5.74) is 3.43. The maximum Gasteiger partial charge on any atom is 0.161 e. The molecule has 0 unspecified atom stereocenters. The maximum absolute atomic E-state index is 5.66. The molecular weight excluding hydrogens is 294 g/mol. The molecule has 1 aromatic rings. The number of alkyl halides is 1. The molecule has 1 aromatic carbocycles. The first-order valence-electron chi connectivity index (χ1n) is 6.22. The van der Waals surface area contributed by atoms with Crippen LogP contribution in [0.5, 0.6) is 11.5 Å². The Hall–Kier alpha value is -0.740. The number of benzene rings is 1. The van der Waals surface area contributed by atoms with Gasteiger partial charge in [-0.25, -0.2) is 0 Å². The third-order valence-electron chi connectivity index (χ3n) is 3.28. The smallest absolute Gasteiger partial charge is 0.161 e. The lowest BCUT2D eigenvalue weighted by molar-refractivity contribution is 0.171. The van der Waals surface area contributed by atoms with Gasteiger partial charge in [-0.1, -0.05) is 29.8 Å². The van der Waals surface area contributed by atoms with Crippen molar-refractivity contribution in [2.45, 2.75) is 26.2 Å². The number of rotatable bonds is 4. The van der Waals surface area contributed by atoms with Crippen molar-refractivity contribution in [3.8, 4) is 11.5 Å². The summed E-state index contributed by atoms with van der Waals surface area (Å²) in [6, 6.07) is 4.21. The molecular formula is C14H20BrNO2. The molecule has 2 rings (SSSR count). The molecule has 0 fully saturated rings. The second kappa shape index (κ2) is 5.49. The van der Waals surface area contributed by atoms with E-state index in [9.17, 15) is 0 Å². The zero-order chi connectivity index (χ0) is 13.2. The van der Waals surface area contributed by atoms with Crippen LogP contribution in [-0.4, -0.2) is 25.2 Å². The predicted octanol–water partition coefficient (Wildman–Crippen LogP) is 2.99. The van der Waals surface area contributed by atoms with Crippen molar-refractivity contribution in [3.05, 3.63) is 23.3 Å². The van der Waals surface area contributed by atoms with Crippen molar-refractivity contribution < 1.29 is 9.47 Å². The van der Waals surface area contributed by atoms with Crippen molar-refractivity contribution in [3.63, 3.8) is 0 Å². The highest BCUT2D eigenvalue weighted by Gasteiger charge is 2.25. The number of halogens is 1. The van der Waals surface area contributed by atoms with E-state index in [1.54, 1.807) is 0 Å². The Bertz CT molecular complexity index is 432. The van der Waals surface area contributed by atoms with Gasteiger partial charge in [0.15, 0.2) is 11.5 Å². The predicted molar refractivity (Wildman–Crippen MR) is 77.0 cm³/mol. The standard InChI is InChI=1S/C14H20BrNO2/c1-10-6-12-13(18-5-4-17-12)7-11(10)14(2,3)8-16-9-15/h6-7,16H,4-5,8-9H2,1-3H3. The summed E-state index contributed by atoms with van der Waals surface area (Å²) in [4.78, 5) is 0. The van der Waals surface area contributed by atoms with Gasteiger partial charge in [0.25, 0.3) is 0 Å². The monoisotopic (exact) mass is 313 g/mol. The summed E-state index contributed by atoms with van der Waals surface area (Å²) in [6.07, 6.45) is 0. The quantitative estimate of drug-likeness (QED) is 0.684. The van der Waals surface area contributed by atoms with Crippen LogP contribution >= 0.6 is 15.9 Å². The molecule has 1 aliphatic rings. The third kappa shape index (κ3) is 2.81. The van der Waals surface area contributed by atoms with E-state index in [0.29, 0.717) is 13.2 Å². The normalized spacial score (nSPS) is 14.7. The molecule has 1 aliphatic heterocycles. The highest BCUT2D eigenvalue weighted by Crippen LogP contribution is 2.37. The number of hydrogen-bond acceptors (Lipinski definition) is 3. The van der Waals surface area contributed by atoms with Gasteiger partial charge in [0.05, 0.1) is 5.45 Å². The summed E-state index contributed by atoms with van der Waals surface area (Å²) in [6.45, 7) is 8.79. The van der Waals surface area contributed by atoms with Crippen LogP contribution in [0.3, 0.4) is 0 Å². The van der Waals surface area contributed by atoms with Gasteiger partial charge in [-0.2, -0.15) is 0 Å². The van der Waals surface area contributed by atoms with E-state index in [0.717, 1.165) is 23.5 Å². The van der Waals surface area contributed by atoms with Gasteiger partial charge < -0.3 is 14.8 Å². The molecule has 1 heterocycles. The van der Waals surface area contributed by atoms with Crippen LogP contribution < -0.4 is 14.8 Å². The van der Waals surface area contributed by atoms with E-state index in [4.69, 9.17) is 9.47 Å². The molecule has 0 radical (unpaired) electrons. The Morgan fingerprint density at radius 3 is 2.44 bits per heavy atom. The molecule has 18 heavy (non-hydrogen) atoms. The Kier molecular flexibility index (Phi) is 4.17. The van der Waals surface area contributed by atoms with Crippen LogP contribution in [0.4, 0.5) is 0 Å². The molecule has 100 valence electrons. The number of nitrogens with one attached hydrogen (secondary N) is 1. The largest absolute Gasteiger partial charge is 0.486 e. The van der Waals surface area contributed by atoms with Crippen LogP contribution in [0.15, 0.2) is 12.1 Å². The topological polar surface area (TPSA) is 30.5 Å². The number of aryl methyl sites for hydroxylation is 1. The zero-order valence-corrected chi connectivity index (χ0v) is 12.8. The molecule has 3 nitrogen and oxygen atoms in total. The minimum absolute atomic E-state index is 0.0632. The fourth-order valence-corrected chi connectivity index (χ4v) is 2.57. The van der Waals surface area contributed by atoms with Crippen molar-refractivity contribution in [1.82, 2.24) is 5.32 Å². The molecule has 0 amide bonds. The van der Waals surface area contributed by atoms with Gasteiger partial charge >= 0.3 is 0 Å². The third-order valence-corrected chi connectivity index (χ3v) is 3.68. The van der Waals surface area contributed by atoms with Crippen LogP contribution in [-0.2, 0) is 5.41 Å². The Labute approximate surface area is 117 Å². The first-order chi connectivity index (χ1) is 8.54. The Morgan fingerprint density at radius 1 is 1.22 bits per heavy atom. The fraction of sp³-hybridized carbons (Fsp3) is 0.571. The average Bonchev–Trinajstić information content (AvgIpc) is 2.35. The highest BCUT2D eigenvalue weighted by atomic mass is 79.9. The molecule has 0 aromatic heterocycles. The minimum Gasteiger partial charge on any atom is -0.486 e. The molecule has 0 spiro atoms. The summed E-state index contributed by atoms with van der Waals surface area (Å²) < 4.78 is 11.3. The molecule has 0 bridgehead atoms. The maximum atomic E-state index is 5.66. The molecule has 0 aliphatic carbocycles. The number of hydrogen-bond donors (Lipinski definition) is 1. The number of fused-ring (bicyclic) bond motifs is 1. The summed E-state index contributed by atoms with van der Waals surface area (Å²) in [7, 11) is 0. The molecule has 1 N–H and O–H groups in total. The lowest BCUT2D eigenvalue weighted by Gasteiger charge is -2.29. The van der Waals surface area contributed by atoms with Crippen LogP contribution in [0.25, 0.3) is 0 Å². The second-order valence-corrected chi connectivity index (χ2v) is 5.82. The second-order valence-electron chi connectivity index (χ2n) is 5.26. The van der Waals surface area contributed by atoms with Crippen LogP contribution in [0.2, 0.25) is 0 Å². The highest BCUT2D eigenvalue weighted by molar-refractivity contribution is 9.09. The summed E-state index contributed by atoms with van der Waals surface area (Å²) in [5, 5.41) is 3.34. The first-order valence-corrected chi connectivity index (χ1v) is 7.34. The Morgan fingerprint density at radius 2 is 1.83 bits per heavy atom. The van der Waals surface area contributed by atoms with E-state index in [-0.39, 0.29) is 5.41 Å². The fourth-order valence-electron chi connectivity index (χ4n) is 2.37. The summed E-state index contributed by atoms with van der Waals surface area (Å²) >= 11 is 3.40. The van der Waals surface area contributed by atoms with Gasteiger partial charge in [0.2, 0.25) is 0 Å². The SMILES string of the molecule is Cc1cc2c(cc1C(C)(C)CNCBr)OCCO2. The van der Waals surface area contributed by atoms with E-state index in [1.165, 1.54) is 11.1 Å². The molecule has 0 saturated carbocycles. The Balaban J connectivity index is 2.32. The van der Waals surface area contributed by atoms with Gasteiger partial charge in [-0.15, -0.1) is 0 Å². The summed E-state index contributed by atoms with van der Waals surface area (Å²) in [5.74, 6) is 1.74. The lowest BCUT2D eigenvalue weighted by Crippen LogP contribution is -2.33. The van der Waals surface area contributed by atoms with Crippen LogP contribution in [0.1, 0.15) is 25.0 Å². The van der Waals surface area contributed by atoms with E-state index in [1.807, 2.05) is 0 Å². The van der Waals surface area contributed by atoms with Crippen molar-refractivity contribution in [2.24, 2.45) is 0 Å². The molecule has 4 heteroatoms. The van der Waals surface area contributed by atoms with Crippen LogP contribution in [0, 0.1) is 6.92 Å². The molecule has 0 saturated heterocycles. The van der Waals surface area contributed by atoms with E-state index in [2.05, 4.69) is 54.2 Å². The number of ether oxygens (including phenoxy) is 2. The van der Waals surface area contributed by atoms with Crippen molar-refractivity contribution >= 4 is 15.9 Å². The van der Waals surface area contributed by atoms with Crippen molar-refractivity contribution in [2.75, 3.05) is 25.2 Å². The van der Waals surface area contributed by atoms with Crippen molar-refractivity contribution in [1.29, 1.82) is 0 Å². The van der Waals surface area contributed by atoms with Gasteiger partial charge in [-0.05, 0) is 30.2 Å². The lowest BCUT2D eigenvalue weighted by atomic mass is 9.81. The van der Waals surface area contributed by atoms with E-state index >= 15 is 0 Å². The molecule has 0 atom stereocenters. The van der Waals surface area contributed by atoms with Gasteiger partial charge in [0.1, 0.15) is 13.2 Å². The zero-order valence-electron chi connectivity index (χ0n) is 11.2.